The summed E-state index contributed by atoms with van der Waals surface area (Å²) in [6, 6.07) is 0. The van der Waals surface area contributed by atoms with E-state index in [1.165, 1.54) is 0 Å². The molecule has 1 atom stereocenters. The second-order valence-electron chi connectivity index (χ2n) is 5.37. The maximum absolute atomic E-state index is 12.1. The Morgan fingerprint density at radius 3 is 2.89 bits per heavy atom. The largest absolute Gasteiger partial charge is 0.350 e. The summed E-state index contributed by atoms with van der Waals surface area (Å²) in [6.07, 6.45) is 4.94. The molecule has 5 nitrogen and oxygen atoms in total. The molecule has 1 unspecified atom stereocenters. The van der Waals surface area contributed by atoms with Gasteiger partial charge < -0.3 is 11.1 Å². The van der Waals surface area contributed by atoms with Crippen LogP contribution in [-0.2, 0) is 24.8 Å². The molecule has 0 aromatic carbocycles. The number of aromatic nitrogens is 2. The second kappa shape index (κ2) is 4.72. The van der Waals surface area contributed by atoms with Crippen LogP contribution in [0.4, 0.5) is 0 Å². The van der Waals surface area contributed by atoms with Gasteiger partial charge in [-0.25, -0.2) is 0 Å². The normalized spacial score (nSPS) is 18.4. The van der Waals surface area contributed by atoms with Crippen molar-refractivity contribution >= 4 is 5.91 Å². The number of hydrogen-bond donors (Lipinski definition) is 2. The molecule has 100 valence electrons. The van der Waals surface area contributed by atoms with Crippen LogP contribution in [-0.4, -0.2) is 21.2 Å². The van der Waals surface area contributed by atoms with Crippen molar-refractivity contribution in [2.75, 3.05) is 0 Å². The van der Waals surface area contributed by atoms with Gasteiger partial charge in [-0.15, -0.1) is 0 Å². The number of rotatable bonds is 5. The average molecular weight is 250 g/mol. The number of hydrogen-bond acceptors (Lipinski definition) is 3. The summed E-state index contributed by atoms with van der Waals surface area (Å²) in [5.41, 5.74) is 7.44. The first-order valence-electron chi connectivity index (χ1n) is 6.53. The zero-order valence-electron chi connectivity index (χ0n) is 11.4. The van der Waals surface area contributed by atoms with Crippen molar-refractivity contribution in [1.29, 1.82) is 0 Å². The molecule has 1 fully saturated rings. The van der Waals surface area contributed by atoms with Crippen LogP contribution in [0.3, 0.4) is 0 Å². The van der Waals surface area contributed by atoms with Crippen molar-refractivity contribution in [3.05, 3.63) is 17.5 Å². The van der Waals surface area contributed by atoms with Gasteiger partial charge in [0.15, 0.2) is 0 Å². The van der Waals surface area contributed by atoms with Crippen LogP contribution in [0.15, 0.2) is 6.20 Å². The maximum atomic E-state index is 12.1. The summed E-state index contributed by atoms with van der Waals surface area (Å²) >= 11 is 0. The van der Waals surface area contributed by atoms with E-state index in [4.69, 9.17) is 5.73 Å². The quantitative estimate of drug-likeness (QED) is 0.809. The van der Waals surface area contributed by atoms with E-state index >= 15 is 0 Å². The molecule has 0 aliphatic heterocycles. The summed E-state index contributed by atoms with van der Waals surface area (Å²) < 4.78 is 1.78. The van der Waals surface area contributed by atoms with E-state index in [1.54, 1.807) is 4.68 Å². The molecule has 1 aromatic heterocycles. The first-order valence-corrected chi connectivity index (χ1v) is 6.53. The van der Waals surface area contributed by atoms with Gasteiger partial charge in [0.25, 0.3) is 0 Å². The molecular formula is C13H22N4O. The molecule has 0 radical (unpaired) electrons. The highest BCUT2D eigenvalue weighted by Gasteiger charge is 2.43. The van der Waals surface area contributed by atoms with Crippen LogP contribution < -0.4 is 11.1 Å². The number of nitrogens with one attached hydrogen (secondary N) is 1. The van der Waals surface area contributed by atoms with E-state index in [-0.39, 0.29) is 5.91 Å². The van der Waals surface area contributed by atoms with Gasteiger partial charge in [0, 0.05) is 25.4 Å². The molecule has 1 amide bonds. The number of nitrogens with zero attached hydrogens (tertiary/aromatic N) is 2. The Labute approximate surface area is 108 Å². The number of nitrogens with two attached hydrogens (primary N) is 1. The number of carbonyl (C=O) groups excluding carboxylic acids is 1. The predicted octanol–water partition coefficient (Wildman–Crippen LogP) is 0.726. The standard InChI is InChI=1S/C13H22N4O/c1-4-11-9(8-17(3)16-11)7-15-12(18)13(2,14)10-5-6-10/h8,10H,4-7,14H2,1-3H3,(H,15,18). The Balaban J connectivity index is 1.96. The summed E-state index contributed by atoms with van der Waals surface area (Å²) in [4.78, 5) is 12.1. The Bertz CT molecular complexity index is 446. The fourth-order valence-corrected chi connectivity index (χ4v) is 2.26. The zero-order valence-corrected chi connectivity index (χ0v) is 11.4. The smallest absolute Gasteiger partial charge is 0.240 e. The molecule has 2 rings (SSSR count). The summed E-state index contributed by atoms with van der Waals surface area (Å²) in [6.45, 7) is 4.39. The van der Waals surface area contributed by atoms with Gasteiger partial charge in [0.2, 0.25) is 5.91 Å². The first-order chi connectivity index (χ1) is 8.45. The molecule has 1 aliphatic rings. The van der Waals surface area contributed by atoms with Crippen molar-refractivity contribution in [2.24, 2.45) is 18.7 Å². The SMILES string of the molecule is CCc1nn(C)cc1CNC(=O)C(C)(N)C1CC1. The Hall–Kier alpha value is -1.36. The van der Waals surface area contributed by atoms with Crippen LogP contribution in [0.1, 0.15) is 37.9 Å². The Morgan fingerprint density at radius 1 is 1.67 bits per heavy atom. The highest BCUT2D eigenvalue weighted by molar-refractivity contribution is 5.86. The third kappa shape index (κ3) is 2.56. The number of carbonyl (C=O) groups is 1. The van der Waals surface area contributed by atoms with Gasteiger partial charge in [-0.2, -0.15) is 5.10 Å². The molecule has 1 saturated carbocycles. The maximum Gasteiger partial charge on any atom is 0.240 e. The highest BCUT2D eigenvalue weighted by atomic mass is 16.2. The van der Waals surface area contributed by atoms with E-state index in [0.717, 1.165) is 30.5 Å². The lowest BCUT2D eigenvalue weighted by Crippen LogP contribution is -2.53. The van der Waals surface area contributed by atoms with Crippen molar-refractivity contribution in [1.82, 2.24) is 15.1 Å². The topological polar surface area (TPSA) is 72.9 Å². The van der Waals surface area contributed by atoms with Crippen molar-refractivity contribution in [3.63, 3.8) is 0 Å². The third-order valence-electron chi connectivity index (χ3n) is 3.68. The molecular weight excluding hydrogens is 228 g/mol. The lowest BCUT2D eigenvalue weighted by molar-refractivity contribution is -0.126. The first kappa shape index (κ1) is 13.1. The van der Waals surface area contributed by atoms with E-state index in [9.17, 15) is 4.79 Å². The summed E-state index contributed by atoms with van der Waals surface area (Å²) in [5.74, 6) is 0.285. The molecule has 1 aliphatic carbocycles. The van der Waals surface area contributed by atoms with Gasteiger partial charge in [0.1, 0.15) is 0 Å². The van der Waals surface area contributed by atoms with E-state index in [0.29, 0.717) is 12.5 Å². The van der Waals surface area contributed by atoms with Crippen LogP contribution in [0.5, 0.6) is 0 Å². The van der Waals surface area contributed by atoms with Gasteiger partial charge in [-0.3, -0.25) is 9.48 Å². The van der Waals surface area contributed by atoms with Crippen molar-refractivity contribution in [2.45, 2.75) is 45.2 Å². The Kier molecular flexibility index (Phi) is 3.43. The lowest BCUT2D eigenvalue weighted by Gasteiger charge is -2.23. The van der Waals surface area contributed by atoms with E-state index in [1.807, 2.05) is 20.2 Å². The molecule has 5 heteroatoms. The van der Waals surface area contributed by atoms with Crippen LogP contribution >= 0.6 is 0 Å². The molecule has 3 N–H and O–H groups in total. The molecule has 0 saturated heterocycles. The van der Waals surface area contributed by atoms with Crippen LogP contribution in [0, 0.1) is 5.92 Å². The molecule has 1 heterocycles. The van der Waals surface area contributed by atoms with Crippen LogP contribution in [0.25, 0.3) is 0 Å². The predicted molar refractivity (Wildman–Crippen MR) is 69.7 cm³/mol. The minimum Gasteiger partial charge on any atom is -0.350 e. The van der Waals surface area contributed by atoms with Gasteiger partial charge in [0.05, 0.1) is 11.2 Å². The highest BCUT2D eigenvalue weighted by Crippen LogP contribution is 2.38. The van der Waals surface area contributed by atoms with Gasteiger partial charge in [-0.1, -0.05) is 6.92 Å². The minimum atomic E-state index is -0.728. The summed E-state index contributed by atoms with van der Waals surface area (Å²) in [5, 5.41) is 7.28. The number of amides is 1. The van der Waals surface area contributed by atoms with Crippen molar-refractivity contribution < 1.29 is 4.79 Å². The monoisotopic (exact) mass is 250 g/mol. The van der Waals surface area contributed by atoms with E-state index in [2.05, 4.69) is 17.3 Å². The lowest BCUT2D eigenvalue weighted by atomic mass is 9.96. The van der Waals surface area contributed by atoms with Gasteiger partial charge >= 0.3 is 0 Å². The molecule has 0 spiro atoms. The number of aryl methyl sites for hydroxylation is 2. The fraction of sp³-hybridized carbons (Fsp3) is 0.692. The molecule has 1 aromatic rings. The van der Waals surface area contributed by atoms with Crippen LogP contribution in [0.2, 0.25) is 0 Å². The van der Waals surface area contributed by atoms with Gasteiger partial charge in [-0.05, 0) is 32.1 Å². The fourth-order valence-electron chi connectivity index (χ4n) is 2.26. The van der Waals surface area contributed by atoms with Crippen molar-refractivity contribution in [3.8, 4) is 0 Å². The summed E-state index contributed by atoms with van der Waals surface area (Å²) in [7, 11) is 1.89. The molecule has 18 heavy (non-hydrogen) atoms. The third-order valence-corrected chi connectivity index (χ3v) is 3.68. The average Bonchev–Trinajstić information content (AvgIpc) is 3.11. The zero-order chi connectivity index (χ0) is 13.3. The second-order valence-corrected chi connectivity index (χ2v) is 5.37. The Morgan fingerprint density at radius 2 is 2.33 bits per heavy atom. The molecule has 0 bridgehead atoms. The van der Waals surface area contributed by atoms with E-state index < -0.39 is 5.54 Å². The minimum absolute atomic E-state index is 0.0593.